The Labute approximate surface area is 138 Å². The van der Waals surface area contributed by atoms with Crippen LogP contribution in [-0.2, 0) is 24.2 Å². The van der Waals surface area contributed by atoms with Gasteiger partial charge in [-0.2, -0.15) is 0 Å². The van der Waals surface area contributed by atoms with Gasteiger partial charge in [0.2, 0.25) is 5.91 Å². The molecule has 3 heteroatoms. The van der Waals surface area contributed by atoms with E-state index >= 15 is 0 Å². The third-order valence-corrected chi connectivity index (χ3v) is 4.50. The molecule has 0 aliphatic heterocycles. The first-order valence-electron chi connectivity index (χ1n) is 8.26. The maximum Gasteiger partial charge on any atom is 0.238 e. The second-order valence-electron chi connectivity index (χ2n) is 6.48. The number of likely N-dealkylation sites (N-methyl/N-ethyl adjacent to an activating group) is 1. The van der Waals surface area contributed by atoms with E-state index in [2.05, 4.69) is 36.5 Å². The Morgan fingerprint density at radius 3 is 2.74 bits per heavy atom. The summed E-state index contributed by atoms with van der Waals surface area (Å²) in [5.74, 6) is 0.0408. The molecule has 1 amide bonds. The Balaban J connectivity index is 1.55. The Morgan fingerprint density at radius 2 is 1.91 bits per heavy atom. The molecule has 0 spiro atoms. The molecular weight excluding hydrogens is 284 g/mol. The number of carbonyl (C=O) groups excluding carboxylic acids is 1. The lowest BCUT2D eigenvalue weighted by Crippen LogP contribution is -2.30. The Kier molecular flexibility index (Phi) is 4.77. The Hall–Kier alpha value is -2.13. The van der Waals surface area contributed by atoms with Gasteiger partial charge >= 0.3 is 0 Å². The van der Waals surface area contributed by atoms with E-state index in [4.69, 9.17) is 0 Å². The van der Waals surface area contributed by atoms with E-state index in [-0.39, 0.29) is 5.91 Å². The van der Waals surface area contributed by atoms with Crippen LogP contribution in [0, 0.1) is 6.92 Å². The topological polar surface area (TPSA) is 32.3 Å². The third-order valence-electron chi connectivity index (χ3n) is 4.50. The van der Waals surface area contributed by atoms with Crippen molar-refractivity contribution < 1.29 is 4.79 Å². The highest BCUT2D eigenvalue weighted by Gasteiger charge is 2.13. The van der Waals surface area contributed by atoms with E-state index in [0.717, 1.165) is 18.7 Å². The second kappa shape index (κ2) is 6.97. The van der Waals surface area contributed by atoms with Crippen LogP contribution in [0.15, 0.2) is 42.5 Å². The summed E-state index contributed by atoms with van der Waals surface area (Å²) in [6, 6.07) is 14.6. The first kappa shape index (κ1) is 15.8. The minimum Gasteiger partial charge on any atom is -0.325 e. The highest BCUT2D eigenvalue weighted by molar-refractivity contribution is 5.92. The number of hydrogen-bond acceptors (Lipinski definition) is 2. The second-order valence-corrected chi connectivity index (χ2v) is 6.48. The van der Waals surface area contributed by atoms with Crippen LogP contribution in [0.1, 0.15) is 28.7 Å². The minimum absolute atomic E-state index is 0.0408. The van der Waals surface area contributed by atoms with Gasteiger partial charge in [0.1, 0.15) is 0 Å². The summed E-state index contributed by atoms with van der Waals surface area (Å²) >= 11 is 0. The smallest absolute Gasteiger partial charge is 0.238 e. The molecule has 1 N–H and O–H groups in total. The van der Waals surface area contributed by atoms with Crippen molar-refractivity contribution in [2.45, 2.75) is 32.7 Å². The lowest BCUT2D eigenvalue weighted by Gasteiger charge is -2.18. The maximum atomic E-state index is 12.2. The Morgan fingerprint density at radius 1 is 1.13 bits per heavy atom. The average Bonchev–Trinajstić information content (AvgIpc) is 2.97. The first-order valence-corrected chi connectivity index (χ1v) is 8.26. The fourth-order valence-electron chi connectivity index (χ4n) is 3.23. The van der Waals surface area contributed by atoms with Crippen molar-refractivity contribution in [3.05, 3.63) is 64.7 Å². The normalized spacial score (nSPS) is 13.2. The zero-order chi connectivity index (χ0) is 16.2. The summed E-state index contributed by atoms with van der Waals surface area (Å²) in [7, 11) is 1.98. The molecule has 1 aliphatic rings. The van der Waals surface area contributed by atoms with Gasteiger partial charge in [-0.1, -0.05) is 30.3 Å². The molecule has 0 saturated carbocycles. The van der Waals surface area contributed by atoms with Crippen molar-refractivity contribution in [3.63, 3.8) is 0 Å². The molecule has 0 atom stereocenters. The molecule has 0 heterocycles. The van der Waals surface area contributed by atoms with Crippen molar-refractivity contribution in [1.29, 1.82) is 0 Å². The van der Waals surface area contributed by atoms with Gasteiger partial charge in [0.25, 0.3) is 0 Å². The summed E-state index contributed by atoms with van der Waals surface area (Å²) in [4.78, 5) is 14.3. The van der Waals surface area contributed by atoms with E-state index < -0.39 is 0 Å². The molecule has 120 valence electrons. The Bertz CT molecular complexity index is 709. The van der Waals surface area contributed by atoms with E-state index in [0.29, 0.717) is 6.54 Å². The van der Waals surface area contributed by atoms with Crippen LogP contribution in [0.25, 0.3) is 0 Å². The van der Waals surface area contributed by atoms with E-state index in [1.165, 1.54) is 35.1 Å². The summed E-state index contributed by atoms with van der Waals surface area (Å²) in [6.07, 6.45) is 3.53. The summed E-state index contributed by atoms with van der Waals surface area (Å²) in [6.45, 7) is 3.28. The average molecular weight is 308 g/mol. The predicted octanol–water partition coefficient (Wildman–Crippen LogP) is 3.55. The number of nitrogens with zero attached hydrogens (tertiary/aromatic N) is 1. The lowest BCUT2D eigenvalue weighted by molar-refractivity contribution is -0.117. The van der Waals surface area contributed by atoms with E-state index in [1.54, 1.807) is 0 Å². The van der Waals surface area contributed by atoms with Crippen molar-refractivity contribution in [2.24, 2.45) is 0 Å². The molecule has 3 nitrogen and oxygen atoms in total. The SMILES string of the molecule is Cc1ccccc1CN(C)CC(=O)Nc1ccc2c(c1)CCC2. The standard InChI is InChI=1S/C20H24N2O/c1-15-6-3-4-7-18(15)13-22(2)14-20(23)21-19-11-10-16-8-5-9-17(16)12-19/h3-4,6-7,10-12H,5,8-9,13-14H2,1-2H3,(H,21,23). The number of rotatable bonds is 5. The number of aryl methyl sites for hydroxylation is 3. The zero-order valence-electron chi connectivity index (χ0n) is 13.9. The monoisotopic (exact) mass is 308 g/mol. The molecule has 23 heavy (non-hydrogen) atoms. The molecule has 0 fully saturated rings. The molecule has 1 aliphatic carbocycles. The van der Waals surface area contributed by atoms with Gasteiger partial charge in [0.05, 0.1) is 6.54 Å². The van der Waals surface area contributed by atoms with Gasteiger partial charge in [0, 0.05) is 12.2 Å². The van der Waals surface area contributed by atoms with Crippen LogP contribution in [0.4, 0.5) is 5.69 Å². The molecule has 2 aromatic rings. The molecule has 0 bridgehead atoms. The molecule has 3 rings (SSSR count). The van der Waals surface area contributed by atoms with Crippen molar-refractivity contribution in [1.82, 2.24) is 4.90 Å². The number of anilines is 1. The van der Waals surface area contributed by atoms with Crippen LogP contribution in [0.5, 0.6) is 0 Å². The van der Waals surface area contributed by atoms with Gasteiger partial charge in [-0.25, -0.2) is 0 Å². The van der Waals surface area contributed by atoms with Crippen molar-refractivity contribution in [2.75, 3.05) is 18.9 Å². The van der Waals surface area contributed by atoms with Crippen molar-refractivity contribution >= 4 is 11.6 Å². The van der Waals surface area contributed by atoms with Crippen LogP contribution < -0.4 is 5.32 Å². The first-order chi connectivity index (χ1) is 11.1. The number of fused-ring (bicyclic) bond motifs is 1. The molecule has 0 radical (unpaired) electrons. The van der Waals surface area contributed by atoms with Gasteiger partial charge in [-0.3, -0.25) is 9.69 Å². The van der Waals surface area contributed by atoms with Gasteiger partial charge in [-0.05, 0) is 67.6 Å². The summed E-state index contributed by atoms with van der Waals surface area (Å²) in [5, 5.41) is 3.02. The van der Waals surface area contributed by atoms with Gasteiger partial charge in [0.15, 0.2) is 0 Å². The maximum absolute atomic E-state index is 12.2. The fraction of sp³-hybridized carbons (Fsp3) is 0.350. The molecule has 2 aromatic carbocycles. The van der Waals surface area contributed by atoms with E-state index in [1.807, 2.05) is 30.1 Å². The van der Waals surface area contributed by atoms with Crippen molar-refractivity contribution in [3.8, 4) is 0 Å². The van der Waals surface area contributed by atoms with Crippen LogP contribution in [-0.4, -0.2) is 24.4 Å². The number of nitrogens with one attached hydrogen (secondary N) is 1. The molecule has 0 unspecified atom stereocenters. The number of hydrogen-bond donors (Lipinski definition) is 1. The van der Waals surface area contributed by atoms with E-state index in [9.17, 15) is 4.79 Å². The number of carbonyl (C=O) groups is 1. The third kappa shape index (κ3) is 3.99. The largest absolute Gasteiger partial charge is 0.325 e. The predicted molar refractivity (Wildman–Crippen MR) is 94.6 cm³/mol. The zero-order valence-corrected chi connectivity index (χ0v) is 13.9. The van der Waals surface area contributed by atoms with Crippen LogP contribution >= 0.6 is 0 Å². The molecule has 0 aromatic heterocycles. The van der Waals surface area contributed by atoms with Gasteiger partial charge < -0.3 is 5.32 Å². The molecule has 0 saturated heterocycles. The minimum atomic E-state index is 0.0408. The van der Waals surface area contributed by atoms with Crippen LogP contribution in [0.2, 0.25) is 0 Å². The summed E-state index contributed by atoms with van der Waals surface area (Å²) < 4.78 is 0. The highest BCUT2D eigenvalue weighted by atomic mass is 16.2. The lowest BCUT2D eigenvalue weighted by atomic mass is 10.1. The quantitative estimate of drug-likeness (QED) is 0.916. The number of amides is 1. The molecular formula is C20H24N2O. The number of benzene rings is 2. The highest BCUT2D eigenvalue weighted by Crippen LogP contribution is 2.24. The van der Waals surface area contributed by atoms with Crippen LogP contribution in [0.3, 0.4) is 0 Å². The van der Waals surface area contributed by atoms with Gasteiger partial charge in [-0.15, -0.1) is 0 Å². The fourth-order valence-corrected chi connectivity index (χ4v) is 3.23. The summed E-state index contributed by atoms with van der Waals surface area (Å²) in [5.41, 5.74) is 6.26.